The van der Waals surface area contributed by atoms with Crippen LogP contribution < -0.4 is 0 Å². The molecule has 0 radical (unpaired) electrons. The van der Waals surface area contributed by atoms with Gasteiger partial charge in [0, 0.05) is 6.42 Å². The molecule has 2 atom stereocenters. The lowest BCUT2D eigenvalue weighted by molar-refractivity contribution is 0.692. The Labute approximate surface area is 50.3 Å². The van der Waals surface area contributed by atoms with Crippen molar-refractivity contribution >= 4 is 0 Å². The molecule has 0 aliphatic heterocycles. The first-order valence-electron chi connectivity index (χ1n) is 3.25. The largest absolute Gasteiger partial charge is 0.198 e. The average Bonchev–Trinajstić information content (AvgIpc) is 2.48. The number of hydrogen-bond donors (Lipinski definition) is 0. The van der Waals surface area contributed by atoms with Crippen molar-refractivity contribution in [2.24, 2.45) is 11.8 Å². The lowest BCUT2D eigenvalue weighted by atomic mass is 10.2. The zero-order valence-corrected chi connectivity index (χ0v) is 5.22. The van der Waals surface area contributed by atoms with Gasteiger partial charge >= 0.3 is 0 Å². The molecule has 1 rings (SSSR count). The van der Waals surface area contributed by atoms with Gasteiger partial charge in [0.25, 0.3) is 0 Å². The van der Waals surface area contributed by atoms with E-state index < -0.39 is 0 Å². The van der Waals surface area contributed by atoms with Crippen LogP contribution in [0.2, 0.25) is 0 Å². The topological polar surface area (TPSA) is 23.8 Å². The lowest BCUT2D eigenvalue weighted by Gasteiger charge is -1.83. The van der Waals surface area contributed by atoms with Gasteiger partial charge in [-0.3, -0.25) is 0 Å². The maximum absolute atomic E-state index is 8.24. The van der Waals surface area contributed by atoms with Gasteiger partial charge in [0.1, 0.15) is 0 Å². The third kappa shape index (κ3) is 1.01. The molecule has 44 valence electrons. The molecule has 0 unspecified atom stereocenters. The van der Waals surface area contributed by atoms with E-state index in [-0.39, 0.29) is 0 Å². The molecule has 0 aromatic carbocycles. The van der Waals surface area contributed by atoms with Crippen LogP contribution in [0.3, 0.4) is 0 Å². The monoisotopic (exact) mass is 109 g/mol. The molecule has 0 aromatic rings. The van der Waals surface area contributed by atoms with Gasteiger partial charge in [-0.25, -0.2) is 0 Å². The number of hydrogen-bond acceptors (Lipinski definition) is 1. The molecule has 1 aliphatic rings. The van der Waals surface area contributed by atoms with E-state index in [1.807, 2.05) is 0 Å². The number of rotatable bonds is 2. The van der Waals surface area contributed by atoms with E-state index >= 15 is 0 Å². The van der Waals surface area contributed by atoms with Crippen molar-refractivity contribution < 1.29 is 0 Å². The first-order chi connectivity index (χ1) is 3.88. The maximum Gasteiger partial charge on any atom is 0.0624 e. The molecule has 0 aromatic heterocycles. The van der Waals surface area contributed by atoms with Gasteiger partial charge in [0.15, 0.2) is 0 Å². The van der Waals surface area contributed by atoms with Crippen LogP contribution >= 0.6 is 0 Å². The molecule has 1 aliphatic carbocycles. The summed E-state index contributed by atoms with van der Waals surface area (Å²) in [5.41, 5.74) is 0. The van der Waals surface area contributed by atoms with E-state index in [1.54, 1.807) is 0 Å². The molecule has 0 bridgehead atoms. The second kappa shape index (κ2) is 2.17. The quantitative estimate of drug-likeness (QED) is 0.531. The molecule has 1 saturated carbocycles. The Morgan fingerprint density at radius 3 is 2.75 bits per heavy atom. The Morgan fingerprint density at radius 2 is 2.38 bits per heavy atom. The Kier molecular flexibility index (Phi) is 1.53. The molecule has 0 N–H and O–H groups in total. The third-order valence-corrected chi connectivity index (χ3v) is 1.95. The minimum atomic E-state index is 0.769. The molecule has 1 nitrogen and oxygen atoms in total. The molecule has 1 fully saturated rings. The van der Waals surface area contributed by atoms with Crippen LogP contribution in [0, 0.1) is 23.2 Å². The van der Waals surface area contributed by atoms with E-state index in [9.17, 15) is 0 Å². The minimum absolute atomic E-state index is 0.769. The van der Waals surface area contributed by atoms with E-state index in [0.717, 1.165) is 18.3 Å². The first kappa shape index (κ1) is 5.62. The lowest BCUT2D eigenvalue weighted by Crippen LogP contribution is -1.76. The summed E-state index contributed by atoms with van der Waals surface area (Å²) in [5, 5.41) is 8.24. The predicted molar refractivity (Wildman–Crippen MR) is 32.1 cm³/mol. The second-order valence-corrected chi connectivity index (χ2v) is 2.53. The Bertz CT molecular complexity index is 112. The summed E-state index contributed by atoms with van der Waals surface area (Å²) in [5.74, 6) is 1.67. The van der Waals surface area contributed by atoms with Crippen molar-refractivity contribution in [2.75, 3.05) is 0 Å². The van der Waals surface area contributed by atoms with Crippen LogP contribution in [0.5, 0.6) is 0 Å². The highest BCUT2D eigenvalue weighted by atomic mass is 14.4. The van der Waals surface area contributed by atoms with Crippen molar-refractivity contribution in [1.82, 2.24) is 0 Å². The van der Waals surface area contributed by atoms with Crippen LogP contribution in [-0.4, -0.2) is 0 Å². The fourth-order valence-corrected chi connectivity index (χ4v) is 1.18. The number of nitriles is 1. The average molecular weight is 109 g/mol. The van der Waals surface area contributed by atoms with Crippen molar-refractivity contribution in [2.45, 2.75) is 26.2 Å². The Morgan fingerprint density at radius 1 is 1.62 bits per heavy atom. The van der Waals surface area contributed by atoms with Gasteiger partial charge in [0.2, 0.25) is 0 Å². The molecule has 1 heteroatoms. The normalized spacial score (nSPS) is 34.0. The summed E-state index contributed by atoms with van der Waals surface area (Å²) >= 11 is 0. The van der Waals surface area contributed by atoms with E-state index in [1.165, 1.54) is 12.8 Å². The van der Waals surface area contributed by atoms with Crippen LogP contribution in [0.1, 0.15) is 26.2 Å². The maximum atomic E-state index is 8.24. The molecular formula is C7H11N. The minimum Gasteiger partial charge on any atom is -0.198 e. The number of nitrogens with zero attached hydrogens (tertiary/aromatic N) is 1. The van der Waals surface area contributed by atoms with Crippen LogP contribution in [0.4, 0.5) is 0 Å². The SMILES string of the molecule is CC[C@H]1C[C@@H]1CC#N. The fraction of sp³-hybridized carbons (Fsp3) is 0.857. The summed E-state index contributed by atoms with van der Waals surface area (Å²) in [6.45, 7) is 2.20. The Balaban J connectivity index is 2.10. The summed E-state index contributed by atoms with van der Waals surface area (Å²) in [7, 11) is 0. The highest BCUT2D eigenvalue weighted by Crippen LogP contribution is 2.42. The smallest absolute Gasteiger partial charge is 0.0624 e. The van der Waals surface area contributed by atoms with Crippen LogP contribution in [0.15, 0.2) is 0 Å². The second-order valence-electron chi connectivity index (χ2n) is 2.53. The van der Waals surface area contributed by atoms with Gasteiger partial charge < -0.3 is 0 Å². The van der Waals surface area contributed by atoms with Gasteiger partial charge in [0.05, 0.1) is 6.07 Å². The highest BCUT2D eigenvalue weighted by Gasteiger charge is 2.34. The van der Waals surface area contributed by atoms with Crippen molar-refractivity contribution in [3.8, 4) is 6.07 Å². The van der Waals surface area contributed by atoms with Crippen LogP contribution in [0.25, 0.3) is 0 Å². The zero-order chi connectivity index (χ0) is 5.98. The van der Waals surface area contributed by atoms with Gasteiger partial charge in [-0.05, 0) is 18.3 Å². The first-order valence-corrected chi connectivity index (χ1v) is 3.25. The molecular weight excluding hydrogens is 98.1 g/mol. The van der Waals surface area contributed by atoms with Crippen molar-refractivity contribution in [3.05, 3.63) is 0 Å². The molecule has 8 heavy (non-hydrogen) atoms. The van der Waals surface area contributed by atoms with Gasteiger partial charge in [-0.15, -0.1) is 0 Å². The molecule has 0 spiro atoms. The summed E-state index contributed by atoms with van der Waals surface area (Å²) < 4.78 is 0. The molecule has 0 amide bonds. The highest BCUT2D eigenvalue weighted by molar-refractivity contribution is 4.91. The zero-order valence-electron chi connectivity index (χ0n) is 5.22. The predicted octanol–water partition coefficient (Wildman–Crippen LogP) is 1.95. The van der Waals surface area contributed by atoms with Crippen molar-refractivity contribution in [1.29, 1.82) is 5.26 Å². The van der Waals surface area contributed by atoms with E-state index in [2.05, 4.69) is 13.0 Å². The molecule has 0 saturated heterocycles. The summed E-state index contributed by atoms with van der Waals surface area (Å²) in [4.78, 5) is 0. The molecule has 0 heterocycles. The third-order valence-electron chi connectivity index (χ3n) is 1.95. The summed E-state index contributed by atoms with van der Waals surface area (Å²) in [6, 6.07) is 2.19. The fourth-order valence-electron chi connectivity index (χ4n) is 1.18. The van der Waals surface area contributed by atoms with E-state index in [4.69, 9.17) is 5.26 Å². The Hall–Kier alpha value is -0.510. The van der Waals surface area contributed by atoms with Gasteiger partial charge in [-0.1, -0.05) is 13.3 Å². The van der Waals surface area contributed by atoms with Crippen molar-refractivity contribution in [3.63, 3.8) is 0 Å². The van der Waals surface area contributed by atoms with E-state index in [0.29, 0.717) is 0 Å². The standard InChI is InChI=1S/C7H11N/c1-2-6-5-7(6)3-4-8/h6-7H,2-3,5H2,1H3/t6-,7-/m0/s1. The summed E-state index contributed by atoms with van der Waals surface area (Å²) in [6.07, 6.45) is 3.37. The van der Waals surface area contributed by atoms with Gasteiger partial charge in [-0.2, -0.15) is 5.26 Å². The van der Waals surface area contributed by atoms with Crippen LogP contribution in [-0.2, 0) is 0 Å².